The van der Waals surface area contributed by atoms with Crippen molar-refractivity contribution < 1.29 is 4.79 Å². The van der Waals surface area contributed by atoms with Crippen LogP contribution in [0.15, 0.2) is 35.9 Å². The van der Waals surface area contributed by atoms with Crippen molar-refractivity contribution in [2.45, 2.75) is 24.3 Å². The van der Waals surface area contributed by atoms with Crippen molar-refractivity contribution in [3.8, 4) is 0 Å². The van der Waals surface area contributed by atoms with Crippen LogP contribution in [0.1, 0.15) is 25.8 Å². The van der Waals surface area contributed by atoms with Crippen LogP contribution in [0.25, 0.3) is 5.57 Å². The van der Waals surface area contributed by atoms with Gasteiger partial charge in [-0.05, 0) is 41.6 Å². The Morgan fingerprint density at radius 2 is 1.79 bits per heavy atom. The summed E-state index contributed by atoms with van der Waals surface area (Å²) in [5, 5.41) is 0. The van der Waals surface area contributed by atoms with Gasteiger partial charge in [-0.2, -0.15) is 0 Å². The molecule has 0 amide bonds. The van der Waals surface area contributed by atoms with Crippen molar-refractivity contribution in [3.05, 3.63) is 41.5 Å². The van der Waals surface area contributed by atoms with E-state index in [1.54, 1.807) is 0 Å². The van der Waals surface area contributed by atoms with Gasteiger partial charge in [-0.25, -0.2) is 0 Å². The SMILES string of the molecule is CC1=C(c2ccccc2)C(C)C2(SCCCS2)C1=O. The molecule has 1 spiro atoms. The zero-order chi connectivity index (χ0) is 13.5. The molecule has 0 saturated carbocycles. The minimum atomic E-state index is -0.243. The van der Waals surface area contributed by atoms with E-state index in [0.717, 1.165) is 17.1 Å². The van der Waals surface area contributed by atoms with Crippen molar-refractivity contribution in [3.63, 3.8) is 0 Å². The molecule has 2 aliphatic rings. The number of carbonyl (C=O) groups is 1. The summed E-state index contributed by atoms with van der Waals surface area (Å²) in [5.74, 6) is 2.88. The van der Waals surface area contributed by atoms with E-state index >= 15 is 0 Å². The molecule has 3 rings (SSSR count). The average molecular weight is 290 g/mol. The minimum absolute atomic E-state index is 0.243. The van der Waals surface area contributed by atoms with Gasteiger partial charge in [-0.3, -0.25) is 4.79 Å². The maximum atomic E-state index is 12.8. The molecule has 3 heteroatoms. The van der Waals surface area contributed by atoms with Crippen LogP contribution < -0.4 is 0 Å². The van der Waals surface area contributed by atoms with Gasteiger partial charge in [-0.15, -0.1) is 23.5 Å². The number of carbonyl (C=O) groups excluding carboxylic acids is 1. The Morgan fingerprint density at radius 1 is 1.16 bits per heavy atom. The van der Waals surface area contributed by atoms with E-state index in [0.29, 0.717) is 11.7 Å². The lowest BCUT2D eigenvalue weighted by molar-refractivity contribution is -0.115. The Bertz CT molecular complexity index is 527. The van der Waals surface area contributed by atoms with Gasteiger partial charge in [0.05, 0.1) is 0 Å². The average Bonchev–Trinajstić information content (AvgIpc) is 2.63. The molecule has 100 valence electrons. The van der Waals surface area contributed by atoms with Gasteiger partial charge in [0.2, 0.25) is 0 Å². The van der Waals surface area contributed by atoms with E-state index < -0.39 is 0 Å². The number of allylic oxidation sites excluding steroid dienone is 2. The first-order valence-corrected chi connectivity index (χ1v) is 8.73. The number of hydrogen-bond donors (Lipinski definition) is 0. The first-order chi connectivity index (χ1) is 9.17. The summed E-state index contributed by atoms with van der Waals surface area (Å²) in [5.41, 5.74) is 3.44. The standard InChI is InChI=1S/C16H18OS2/c1-11-14(13-7-4-3-5-8-13)12(2)16(15(11)17)18-9-6-10-19-16/h3-5,7-8,12H,6,9-10H2,1-2H3. The zero-order valence-corrected chi connectivity index (χ0v) is 12.9. The molecule has 1 atom stereocenters. The second-order valence-electron chi connectivity index (χ2n) is 5.17. The van der Waals surface area contributed by atoms with E-state index in [9.17, 15) is 4.79 Å². The third-order valence-electron chi connectivity index (χ3n) is 4.07. The quantitative estimate of drug-likeness (QED) is 0.770. The molecular formula is C16H18OS2. The molecule has 0 N–H and O–H groups in total. The molecule has 19 heavy (non-hydrogen) atoms. The first-order valence-electron chi connectivity index (χ1n) is 6.76. The summed E-state index contributed by atoms with van der Waals surface area (Å²) >= 11 is 3.73. The lowest BCUT2D eigenvalue weighted by atomic mass is 9.95. The van der Waals surface area contributed by atoms with Crippen molar-refractivity contribution in [2.75, 3.05) is 11.5 Å². The fourth-order valence-electron chi connectivity index (χ4n) is 3.11. The molecule has 1 aromatic rings. The summed E-state index contributed by atoms with van der Waals surface area (Å²) < 4.78 is -0.243. The third kappa shape index (κ3) is 1.98. The smallest absolute Gasteiger partial charge is 0.185 e. The minimum Gasteiger partial charge on any atom is -0.292 e. The summed E-state index contributed by atoms with van der Waals surface area (Å²) in [6, 6.07) is 10.4. The molecule has 1 unspecified atom stereocenters. The topological polar surface area (TPSA) is 17.1 Å². The van der Waals surface area contributed by atoms with E-state index in [1.807, 2.05) is 36.5 Å². The van der Waals surface area contributed by atoms with Crippen LogP contribution in [0.4, 0.5) is 0 Å². The molecule has 1 aromatic carbocycles. The molecule has 1 heterocycles. The Labute approximate surface area is 123 Å². The Hall–Kier alpha value is -0.670. The van der Waals surface area contributed by atoms with Crippen LogP contribution in [0, 0.1) is 5.92 Å². The second-order valence-corrected chi connectivity index (χ2v) is 8.11. The molecule has 0 bridgehead atoms. The molecule has 1 saturated heterocycles. The van der Waals surface area contributed by atoms with E-state index in [-0.39, 0.29) is 4.08 Å². The number of ketones is 1. The van der Waals surface area contributed by atoms with Gasteiger partial charge in [-0.1, -0.05) is 37.3 Å². The fraction of sp³-hybridized carbons (Fsp3) is 0.438. The number of hydrogen-bond acceptors (Lipinski definition) is 3. The highest BCUT2D eigenvalue weighted by molar-refractivity contribution is 8.20. The zero-order valence-electron chi connectivity index (χ0n) is 11.3. The van der Waals surface area contributed by atoms with Crippen LogP contribution >= 0.6 is 23.5 Å². The molecular weight excluding hydrogens is 272 g/mol. The van der Waals surface area contributed by atoms with Gasteiger partial charge in [0.25, 0.3) is 0 Å². The molecule has 1 aliphatic carbocycles. The lowest BCUT2D eigenvalue weighted by Gasteiger charge is -2.35. The maximum absolute atomic E-state index is 12.8. The van der Waals surface area contributed by atoms with Crippen LogP contribution in [0.2, 0.25) is 0 Å². The highest BCUT2D eigenvalue weighted by atomic mass is 32.2. The Morgan fingerprint density at radius 3 is 2.42 bits per heavy atom. The van der Waals surface area contributed by atoms with E-state index in [2.05, 4.69) is 31.2 Å². The van der Waals surface area contributed by atoms with Crippen molar-refractivity contribution >= 4 is 34.9 Å². The lowest BCUT2D eigenvalue weighted by Crippen LogP contribution is -2.36. The number of thioether (sulfide) groups is 2. The monoisotopic (exact) mass is 290 g/mol. The Kier molecular flexibility index (Phi) is 3.52. The molecule has 0 aromatic heterocycles. The fourth-order valence-corrected chi connectivity index (χ4v) is 6.61. The second kappa shape index (κ2) is 5.02. The summed E-state index contributed by atoms with van der Waals surface area (Å²) in [6.07, 6.45) is 1.22. The number of Topliss-reactive ketones (excluding diaryl/α,β-unsaturated/α-hetero) is 1. The van der Waals surface area contributed by atoms with E-state index in [1.165, 1.54) is 17.6 Å². The largest absolute Gasteiger partial charge is 0.292 e. The molecule has 1 aliphatic heterocycles. The summed E-state index contributed by atoms with van der Waals surface area (Å²) in [4.78, 5) is 12.8. The van der Waals surface area contributed by atoms with Gasteiger partial charge in [0, 0.05) is 5.92 Å². The van der Waals surface area contributed by atoms with E-state index in [4.69, 9.17) is 0 Å². The maximum Gasteiger partial charge on any atom is 0.185 e. The number of benzene rings is 1. The predicted molar refractivity (Wildman–Crippen MR) is 85.5 cm³/mol. The first kappa shape index (κ1) is 13.3. The Balaban J connectivity index is 2.04. The van der Waals surface area contributed by atoms with Gasteiger partial charge >= 0.3 is 0 Å². The normalized spacial score (nSPS) is 26.2. The van der Waals surface area contributed by atoms with Gasteiger partial charge < -0.3 is 0 Å². The van der Waals surface area contributed by atoms with Crippen LogP contribution in [-0.2, 0) is 4.79 Å². The highest BCUT2D eigenvalue weighted by Crippen LogP contribution is 2.57. The van der Waals surface area contributed by atoms with Crippen molar-refractivity contribution in [2.24, 2.45) is 5.92 Å². The summed E-state index contributed by atoms with van der Waals surface area (Å²) in [6.45, 7) is 4.23. The molecule has 1 nitrogen and oxygen atoms in total. The predicted octanol–water partition coefficient (Wildman–Crippen LogP) is 4.25. The highest BCUT2D eigenvalue weighted by Gasteiger charge is 2.53. The third-order valence-corrected chi connectivity index (χ3v) is 7.70. The van der Waals surface area contributed by atoms with Crippen molar-refractivity contribution in [1.29, 1.82) is 0 Å². The molecule has 1 fully saturated rings. The van der Waals surface area contributed by atoms with Crippen LogP contribution in [-0.4, -0.2) is 21.4 Å². The molecule has 0 radical (unpaired) electrons. The summed E-state index contributed by atoms with van der Waals surface area (Å²) in [7, 11) is 0. The van der Waals surface area contributed by atoms with Gasteiger partial charge in [0.1, 0.15) is 4.08 Å². The van der Waals surface area contributed by atoms with Crippen LogP contribution in [0.5, 0.6) is 0 Å². The van der Waals surface area contributed by atoms with Crippen molar-refractivity contribution in [1.82, 2.24) is 0 Å². The van der Waals surface area contributed by atoms with Gasteiger partial charge in [0.15, 0.2) is 5.78 Å². The van der Waals surface area contributed by atoms with Crippen LogP contribution in [0.3, 0.4) is 0 Å². The number of rotatable bonds is 1.